The van der Waals surface area contributed by atoms with Gasteiger partial charge in [0.05, 0.1) is 17.9 Å². The van der Waals surface area contributed by atoms with E-state index in [1.54, 1.807) is 13.8 Å². The van der Waals surface area contributed by atoms with Crippen LogP contribution in [0.1, 0.15) is 99.8 Å². The normalized spacial score (nSPS) is 49.5. The van der Waals surface area contributed by atoms with E-state index in [4.69, 9.17) is 0 Å². The van der Waals surface area contributed by atoms with Crippen LogP contribution in [0.3, 0.4) is 0 Å². The van der Waals surface area contributed by atoms with Crippen LogP contribution in [0.2, 0.25) is 0 Å². The Hall–Kier alpha value is -1.36. The van der Waals surface area contributed by atoms with Crippen LogP contribution in [0.5, 0.6) is 0 Å². The summed E-state index contributed by atoms with van der Waals surface area (Å²) < 4.78 is 0. The Morgan fingerprint density at radius 1 is 0.971 bits per heavy atom. The SMILES string of the molecule is C=C(C)[C@@H]1CC[C@]2(C)C(O)C[C@]3(C)C(CCC4[C@@](C)(CC(=O)O)[C@H](C(C)(C)C(=O)O)CC[C@]43C)C12. The predicted octanol–water partition coefficient (Wildman–Crippen LogP) is 6.40. The fourth-order valence-electron chi connectivity index (χ4n) is 10.8. The molecule has 0 saturated heterocycles. The minimum Gasteiger partial charge on any atom is -0.481 e. The van der Waals surface area contributed by atoms with Crippen molar-refractivity contribution in [1.29, 1.82) is 0 Å². The molecule has 0 amide bonds. The van der Waals surface area contributed by atoms with E-state index >= 15 is 0 Å². The summed E-state index contributed by atoms with van der Waals surface area (Å²) in [6.45, 7) is 19.1. The van der Waals surface area contributed by atoms with Crippen molar-refractivity contribution in [1.82, 2.24) is 0 Å². The number of carboxylic acids is 2. The summed E-state index contributed by atoms with van der Waals surface area (Å²) in [6.07, 6.45) is 6.02. The van der Waals surface area contributed by atoms with Crippen LogP contribution in [0, 0.1) is 56.7 Å². The van der Waals surface area contributed by atoms with E-state index in [1.165, 1.54) is 5.57 Å². The minimum absolute atomic E-state index is 0.00648. The monoisotopic (exact) mass is 488 g/mol. The number of carboxylic acid groups (broad SMARTS) is 2. The van der Waals surface area contributed by atoms with Crippen molar-refractivity contribution in [3.05, 3.63) is 12.2 Å². The summed E-state index contributed by atoms with van der Waals surface area (Å²) in [7, 11) is 0. The van der Waals surface area contributed by atoms with E-state index in [0.717, 1.165) is 38.5 Å². The minimum atomic E-state index is -0.996. The van der Waals surface area contributed by atoms with Crippen molar-refractivity contribution in [3.63, 3.8) is 0 Å². The molecule has 198 valence electrons. The Labute approximate surface area is 211 Å². The fourth-order valence-corrected chi connectivity index (χ4v) is 10.8. The van der Waals surface area contributed by atoms with Crippen molar-refractivity contribution in [3.8, 4) is 0 Å². The van der Waals surface area contributed by atoms with Gasteiger partial charge in [-0.3, -0.25) is 9.59 Å². The molecule has 5 heteroatoms. The van der Waals surface area contributed by atoms with Crippen LogP contribution in [0.15, 0.2) is 12.2 Å². The molecular weight excluding hydrogens is 440 g/mol. The highest BCUT2D eigenvalue weighted by molar-refractivity contribution is 5.75. The second-order valence-electron chi connectivity index (χ2n) is 14.5. The average Bonchev–Trinajstić information content (AvgIpc) is 3.07. The highest BCUT2D eigenvalue weighted by Crippen LogP contribution is 2.76. The zero-order valence-corrected chi connectivity index (χ0v) is 23.0. The van der Waals surface area contributed by atoms with E-state index < -0.39 is 22.8 Å². The summed E-state index contributed by atoms with van der Waals surface area (Å²) in [4.78, 5) is 24.6. The Balaban J connectivity index is 1.82. The molecule has 4 fully saturated rings. The first-order valence-corrected chi connectivity index (χ1v) is 13.8. The highest BCUT2D eigenvalue weighted by Gasteiger charge is 2.71. The number of aliphatic carboxylic acids is 2. The predicted molar refractivity (Wildman–Crippen MR) is 137 cm³/mol. The molecule has 4 aliphatic carbocycles. The van der Waals surface area contributed by atoms with Gasteiger partial charge in [-0.05, 0) is 117 Å². The first kappa shape index (κ1) is 26.7. The smallest absolute Gasteiger partial charge is 0.309 e. The Morgan fingerprint density at radius 2 is 1.60 bits per heavy atom. The molecule has 0 aromatic carbocycles. The second-order valence-corrected chi connectivity index (χ2v) is 14.5. The van der Waals surface area contributed by atoms with Crippen molar-refractivity contribution < 1.29 is 24.9 Å². The Kier molecular flexibility index (Phi) is 6.15. The molecule has 4 rings (SSSR count). The van der Waals surface area contributed by atoms with Crippen molar-refractivity contribution in [2.24, 2.45) is 56.7 Å². The van der Waals surface area contributed by atoms with E-state index in [2.05, 4.69) is 41.2 Å². The number of allylic oxidation sites excluding steroid dienone is 1. The number of aliphatic hydroxyl groups excluding tert-OH is 1. The van der Waals surface area contributed by atoms with Crippen LogP contribution in [0.4, 0.5) is 0 Å². The van der Waals surface area contributed by atoms with Crippen LogP contribution in [-0.4, -0.2) is 33.4 Å². The summed E-state index contributed by atoms with van der Waals surface area (Å²) in [6, 6.07) is 0. The number of fused-ring (bicyclic) bond motifs is 5. The maximum atomic E-state index is 12.3. The van der Waals surface area contributed by atoms with E-state index in [-0.39, 0.29) is 40.6 Å². The molecule has 4 saturated carbocycles. The molecule has 4 unspecified atom stereocenters. The second kappa shape index (κ2) is 8.07. The third kappa shape index (κ3) is 3.42. The summed E-state index contributed by atoms with van der Waals surface area (Å²) in [5.41, 5.74) is -0.770. The first-order chi connectivity index (χ1) is 16.0. The molecule has 0 aromatic heterocycles. The van der Waals surface area contributed by atoms with Gasteiger partial charge in [-0.2, -0.15) is 0 Å². The van der Waals surface area contributed by atoms with Crippen LogP contribution in [-0.2, 0) is 9.59 Å². The molecule has 10 atom stereocenters. The zero-order chi connectivity index (χ0) is 26.4. The van der Waals surface area contributed by atoms with Crippen LogP contribution in [0.25, 0.3) is 0 Å². The lowest BCUT2D eigenvalue weighted by molar-refractivity contribution is -0.248. The molecule has 0 bridgehead atoms. The van der Waals surface area contributed by atoms with Gasteiger partial charge in [-0.1, -0.05) is 39.8 Å². The van der Waals surface area contributed by atoms with Crippen molar-refractivity contribution >= 4 is 11.9 Å². The number of hydrogen-bond donors (Lipinski definition) is 3. The highest BCUT2D eigenvalue weighted by atomic mass is 16.4. The largest absolute Gasteiger partial charge is 0.481 e. The van der Waals surface area contributed by atoms with E-state index in [9.17, 15) is 24.9 Å². The summed E-state index contributed by atoms with van der Waals surface area (Å²) in [5.74, 6) is -0.524. The van der Waals surface area contributed by atoms with Crippen molar-refractivity contribution in [2.45, 2.75) is 106 Å². The number of carbonyl (C=O) groups is 2. The molecule has 4 aliphatic rings. The lowest BCUT2D eigenvalue weighted by atomic mass is 9.33. The summed E-state index contributed by atoms with van der Waals surface area (Å²) >= 11 is 0. The third-order valence-electron chi connectivity index (χ3n) is 12.8. The van der Waals surface area contributed by atoms with Gasteiger partial charge in [0.15, 0.2) is 0 Å². The van der Waals surface area contributed by atoms with Gasteiger partial charge >= 0.3 is 11.9 Å². The van der Waals surface area contributed by atoms with Gasteiger partial charge in [0.25, 0.3) is 0 Å². The van der Waals surface area contributed by atoms with Gasteiger partial charge in [-0.15, -0.1) is 0 Å². The maximum absolute atomic E-state index is 12.3. The first-order valence-electron chi connectivity index (χ1n) is 13.8. The van der Waals surface area contributed by atoms with Gasteiger partial charge in [0.1, 0.15) is 0 Å². The lowest BCUT2D eigenvalue weighted by Crippen LogP contribution is -2.67. The number of rotatable bonds is 5. The molecule has 0 aromatic rings. The third-order valence-corrected chi connectivity index (χ3v) is 12.8. The fraction of sp³-hybridized carbons (Fsp3) is 0.867. The molecule has 0 radical (unpaired) electrons. The lowest BCUT2D eigenvalue weighted by Gasteiger charge is -2.71. The van der Waals surface area contributed by atoms with E-state index in [1.807, 2.05) is 0 Å². The molecule has 35 heavy (non-hydrogen) atoms. The standard InChI is InChI=1S/C30H48O5/c1-17(2)18-11-13-27(5)22(31)15-30(8)19(24(18)27)9-10-21-28(6,16-23(32)33)20(12-14-29(21,30)7)26(3,4)25(34)35/h18-22,24,31H,1,9-16H2,2-8H3,(H,32,33)(H,34,35)/t18-,19?,20-,21?,22?,24?,27+,28-,29+,30+/m0/s1. The quantitative estimate of drug-likeness (QED) is 0.389. The van der Waals surface area contributed by atoms with Gasteiger partial charge < -0.3 is 15.3 Å². The summed E-state index contributed by atoms with van der Waals surface area (Å²) in [5, 5.41) is 31.8. The van der Waals surface area contributed by atoms with E-state index in [0.29, 0.717) is 24.2 Å². The van der Waals surface area contributed by atoms with Gasteiger partial charge in [-0.25, -0.2) is 0 Å². The molecule has 0 heterocycles. The molecule has 5 nitrogen and oxygen atoms in total. The number of aliphatic hydroxyl groups is 1. The van der Waals surface area contributed by atoms with Gasteiger partial charge in [0.2, 0.25) is 0 Å². The maximum Gasteiger partial charge on any atom is 0.309 e. The Morgan fingerprint density at radius 3 is 2.14 bits per heavy atom. The van der Waals surface area contributed by atoms with Crippen LogP contribution < -0.4 is 0 Å². The zero-order valence-electron chi connectivity index (χ0n) is 23.0. The van der Waals surface area contributed by atoms with Crippen LogP contribution >= 0.6 is 0 Å². The molecule has 0 spiro atoms. The van der Waals surface area contributed by atoms with Gasteiger partial charge in [0, 0.05) is 0 Å². The Bertz CT molecular complexity index is 924. The molecule has 0 aliphatic heterocycles. The molecular formula is C30H48O5. The average molecular weight is 489 g/mol. The van der Waals surface area contributed by atoms with Crippen molar-refractivity contribution in [2.75, 3.05) is 0 Å². The number of hydrogen-bond acceptors (Lipinski definition) is 3. The topological polar surface area (TPSA) is 94.8 Å². The molecule has 3 N–H and O–H groups in total.